The zero-order valence-electron chi connectivity index (χ0n) is 14.9. The molecule has 1 saturated heterocycles. The maximum Gasteiger partial charge on any atom is 0.242 e. The first kappa shape index (κ1) is 19.8. The maximum absolute atomic E-state index is 12.7. The summed E-state index contributed by atoms with van der Waals surface area (Å²) < 4.78 is 27.9. The number of aliphatic hydroxyl groups is 1. The van der Waals surface area contributed by atoms with Crippen molar-refractivity contribution >= 4 is 27.5 Å². The minimum absolute atomic E-state index is 0.0570. The monoisotopic (exact) mass is 408 g/mol. The van der Waals surface area contributed by atoms with Gasteiger partial charge in [-0.2, -0.15) is 0 Å². The Morgan fingerprint density at radius 1 is 1.22 bits per heavy atom. The van der Waals surface area contributed by atoms with Crippen molar-refractivity contribution in [1.82, 2.24) is 9.62 Å². The van der Waals surface area contributed by atoms with Crippen LogP contribution in [0.15, 0.2) is 53.4 Å². The van der Waals surface area contributed by atoms with Crippen molar-refractivity contribution in [2.45, 2.75) is 29.9 Å². The van der Waals surface area contributed by atoms with Crippen LogP contribution >= 0.6 is 11.6 Å². The molecular weight excluding hydrogens is 388 g/mol. The highest BCUT2D eigenvalue weighted by molar-refractivity contribution is 7.89. The highest BCUT2D eigenvalue weighted by atomic mass is 35.5. The zero-order valence-corrected chi connectivity index (χ0v) is 16.4. The number of amides is 1. The van der Waals surface area contributed by atoms with Crippen molar-refractivity contribution in [3.63, 3.8) is 0 Å². The van der Waals surface area contributed by atoms with Crippen LogP contribution in [0.1, 0.15) is 24.0 Å². The summed E-state index contributed by atoms with van der Waals surface area (Å²) in [5, 5.41) is 10.9. The number of carbonyl (C=O) groups excluding carboxylic acids is 1. The second-order valence-electron chi connectivity index (χ2n) is 6.55. The molecule has 6 nitrogen and oxygen atoms in total. The lowest BCUT2D eigenvalue weighted by atomic mass is 10.0. The van der Waals surface area contributed by atoms with E-state index in [2.05, 4.69) is 4.72 Å². The van der Waals surface area contributed by atoms with Crippen molar-refractivity contribution in [3.8, 4) is 0 Å². The molecule has 0 aliphatic carbocycles. The molecule has 0 saturated carbocycles. The van der Waals surface area contributed by atoms with Crippen LogP contribution in [-0.4, -0.2) is 37.9 Å². The zero-order chi connectivity index (χ0) is 19.7. The number of carbonyl (C=O) groups is 1. The van der Waals surface area contributed by atoms with Gasteiger partial charge in [0.2, 0.25) is 15.9 Å². The fourth-order valence-corrected chi connectivity index (χ4v) is 4.73. The molecule has 0 spiro atoms. The van der Waals surface area contributed by atoms with E-state index in [1.54, 1.807) is 6.07 Å². The number of sulfonamides is 1. The van der Waals surface area contributed by atoms with Gasteiger partial charge >= 0.3 is 0 Å². The van der Waals surface area contributed by atoms with Gasteiger partial charge in [0.1, 0.15) is 4.90 Å². The third-order valence-corrected chi connectivity index (χ3v) is 6.79. The van der Waals surface area contributed by atoms with Crippen molar-refractivity contribution in [2.24, 2.45) is 0 Å². The topological polar surface area (TPSA) is 86.7 Å². The van der Waals surface area contributed by atoms with Crippen LogP contribution in [0.4, 0.5) is 0 Å². The molecule has 27 heavy (non-hydrogen) atoms. The number of halogens is 1. The molecule has 1 heterocycles. The van der Waals surface area contributed by atoms with E-state index in [-0.39, 0.29) is 35.2 Å². The molecule has 144 valence electrons. The third-order valence-electron chi connectivity index (χ3n) is 4.85. The summed E-state index contributed by atoms with van der Waals surface area (Å²) >= 11 is 6.11. The van der Waals surface area contributed by atoms with Crippen LogP contribution in [-0.2, 0) is 27.0 Å². The molecule has 1 atom stereocenters. The fraction of sp³-hybridized carbons (Fsp3) is 0.316. The molecular formula is C19H21ClN2O4S. The van der Waals surface area contributed by atoms with Crippen molar-refractivity contribution in [1.29, 1.82) is 0 Å². The number of hydrogen-bond donors (Lipinski definition) is 2. The number of hydrogen-bond acceptors (Lipinski definition) is 4. The lowest BCUT2D eigenvalue weighted by Crippen LogP contribution is -2.40. The first-order chi connectivity index (χ1) is 12.7. The summed E-state index contributed by atoms with van der Waals surface area (Å²) in [5.41, 5.74) is -0.195. The van der Waals surface area contributed by atoms with Gasteiger partial charge in [-0.1, -0.05) is 48.0 Å². The molecule has 1 aliphatic rings. The number of likely N-dealkylation sites (tertiary alicyclic amines) is 1. The SMILES string of the molecule is CN1C(=O)CCC1(O)c1ccc(Cl)c(S(=O)(=O)NCCc2ccccc2)c1. The average molecular weight is 409 g/mol. The van der Waals surface area contributed by atoms with Gasteiger partial charge in [0, 0.05) is 32.0 Å². The highest BCUT2D eigenvalue weighted by Gasteiger charge is 2.43. The van der Waals surface area contributed by atoms with Crippen LogP contribution in [0.25, 0.3) is 0 Å². The lowest BCUT2D eigenvalue weighted by molar-refractivity contribution is -0.142. The van der Waals surface area contributed by atoms with Crippen LogP contribution in [0.5, 0.6) is 0 Å². The minimum atomic E-state index is -3.87. The van der Waals surface area contributed by atoms with Crippen LogP contribution in [0.2, 0.25) is 5.02 Å². The minimum Gasteiger partial charge on any atom is -0.367 e. The first-order valence-corrected chi connectivity index (χ1v) is 10.4. The van der Waals surface area contributed by atoms with E-state index in [1.165, 1.54) is 24.1 Å². The molecule has 0 aromatic heterocycles. The van der Waals surface area contributed by atoms with Gasteiger partial charge in [-0.25, -0.2) is 13.1 Å². The molecule has 1 amide bonds. The van der Waals surface area contributed by atoms with Gasteiger partial charge in [-0.05, 0) is 24.1 Å². The van der Waals surface area contributed by atoms with Crippen molar-refractivity contribution in [3.05, 3.63) is 64.7 Å². The Balaban J connectivity index is 1.82. The predicted molar refractivity (Wildman–Crippen MR) is 103 cm³/mol. The molecule has 1 unspecified atom stereocenters. The number of nitrogens with zero attached hydrogens (tertiary/aromatic N) is 1. The number of rotatable bonds is 6. The molecule has 2 aromatic carbocycles. The van der Waals surface area contributed by atoms with Gasteiger partial charge < -0.3 is 10.0 Å². The van der Waals surface area contributed by atoms with E-state index in [4.69, 9.17) is 11.6 Å². The molecule has 0 bridgehead atoms. The first-order valence-electron chi connectivity index (χ1n) is 8.57. The molecule has 2 N–H and O–H groups in total. The molecule has 2 aromatic rings. The standard InChI is InChI=1S/C19H21ClN2O4S/c1-22-18(23)9-11-19(22,24)15-7-8-16(20)17(13-15)27(25,26)21-12-10-14-5-3-2-4-6-14/h2-8,13,21,24H,9-12H2,1H3. The van der Waals surface area contributed by atoms with Crippen molar-refractivity contribution in [2.75, 3.05) is 13.6 Å². The second-order valence-corrected chi connectivity index (χ2v) is 8.69. The van der Waals surface area contributed by atoms with Crippen LogP contribution in [0.3, 0.4) is 0 Å². The van der Waals surface area contributed by atoms with E-state index >= 15 is 0 Å². The Labute approximate surface area is 163 Å². The smallest absolute Gasteiger partial charge is 0.242 e. The van der Waals surface area contributed by atoms with E-state index in [9.17, 15) is 18.3 Å². The Kier molecular flexibility index (Phi) is 5.58. The second kappa shape index (κ2) is 7.59. The predicted octanol–water partition coefficient (Wildman–Crippen LogP) is 2.26. The van der Waals surface area contributed by atoms with Crippen LogP contribution < -0.4 is 4.72 Å². The lowest BCUT2D eigenvalue weighted by Gasteiger charge is -2.31. The molecule has 1 aliphatic heterocycles. The summed E-state index contributed by atoms with van der Waals surface area (Å²) in [6.07, 6.45) is 0.941. The molecule has 8 heteroatoms. The van der Waals surface area contributed by atoms with E-state index in [0.717, 1.165) is 5.56 Å². The molecule has 3 rings (SSSR count). The summed E-state index contributed by atoms with van der Waals surface area (Å²) in [4.78, 5) is 12.9. The Hall–Kier alpha value is -1.93. The summed E-state index contributed by atoms with van der Waals surface area (Å²) in [6.45, 7) is 0.218. The van der Waals surface area contributed by atoms with Gasteiger partial charge in [-0.15, -0.1) is 0 Å². The van der Waals surface area contributed by atoms with Gasteiger partial charge in [0.05, 0.1) is 5.02 Å². The normalized spacial score (nSPS) is 20.3. The van der Waals surface area contributed by atoms with Gasteiger partial charge in [-0.3, -0.25) is 4.79 Å². The third kappa shape index (κ3) is 4.01. The van der Waals surface area contributed by atoms with E-state index in [1.807, 2.05) is 30.3 Å². The Morgan fingerprint density at radius 2 is 1.93 bits per heavy atom. The quantitative estimate of drug-likeness (QED) is 0.767. The van der Waals surface area contributed by atoms with Gasteiger partial charge in [0.15, 0.2) is 5.72 Å². The molecule has 1 fully saturated rings. The summed E-state index contributed by atoms with van der Waals surface area (Å²) in [7, 11) is -2.37. The van der Waals surface area contributed by atoms with Crippen molar-refractivity contribution < 1.29 is 18.3 Å². The Morgan fingerprint density at radius 3 is 2.56 bits per heavy atom. The van der Waals surface area contributed by atoms with Gasteiger partial charge in [0.25, 0.3) is 0 Å². The Bertz CT molecular complexity index is 949. The number of nitrogens with one attached hydrogen (secondary N) is 1. The van der Waals surface area contributed by atoms with Crippen LogP contribution in [0, 0.1) is 0 Å². The van der Waals surface area contributed by atoms with E-state index in [0.29, 0.717) is 12.0 Å². The fourth-order valence-electron chi connectivity index (χ4n) is 3.17. The average Bonchev–Trinajstić information content (AvgIpc) is 2.91. The summed E-state index contributed by atoms with van der Waals surface area (Å²) in [5.74, 6) is -0.196. The summed E-state index contributed by atoms with van der Waals surface area (Å²) in [6, 6.07) is 13.8. The maximum atomic E-state index is 12.7. The highest BCUT2D eigenvalue weighted by Crippen LogP contribution is 2.37. The van der Waals surface area contributed by atoms with E-state index < -0.39 is 15.7 Å². The number of benzene rings is 2. The molecule has 0 radical (unpaired) electrons. The largest absolute Gasteiger partial charge is 0.367 e.